The monoisotopic (exact) mass is 407 g/mol. The molecule has 1 amide bonds. The van der Waals surface area contributed by atoms with E-state index in [1.165, 1.54) is 36.4 Å². The number of fused-ring (bicyclic) bond motifs is 2. The minimum atomic E-state index is -6.47. The van der Waals surface area contributed by atoms with Gasteiger partial charge in [0.15, 0.2) is 0 Å². The summed E-state index contributed by atoms with van der Waals surface area (Å²) in [6.45, 7) is 0. The first-order valence-electron chi connectivity index (χ1n) is 6.91. The van der Waals surface area contributed by atoms with Gasteiger partial charge in [-0.15, -0.1) is 0 Å². The third-order valence-corrected chi connectivity index (χ3v) is 5.88. The summed E-state index contributed by atoms with van der Waals surface area (Å²) in [5.41, 5.74) is -0.257. The number of nitrogens with zero attached hydrogens (tertiary/aromatic N) is 1. The van der Waals surface area contributed by atoms with Gasteiger partial charge in [-0.25, -0.2) is 4.39 Å². The van der Waals surface area contributed by atoms with Crippen molar-refractivity contribution >= 4 is 39.2 Å². The Morgan fingerprint density at radius 2 is 1.35 bits per heavy atom. The molecule has 11 heteroatoms. The maximum Gasteiger partial charge on any atom is 0.449 e. The fourth-order valence-electron chi connectivity index (χ4n) is 2.45. The van der Waals surface area contributed by atoms with Crippen LogP contribution in [-0.2, 0) is 14.9 Å². The van der Waals surface area contributed by atoms with Gasteiger partial charge < -0.3 is 0 Å². The van der Waals surface area contributed by atoms with Crippen molar-refractivity contribution in [3.8, 4) is 0 Å². The number of benzene rings is 2. The highest BCUT2D eigenvalue weighted by Crippen LogP contribution is 2.50. The van der Waals surface area contributed by atoms with Crippen molar-refractivity contribution in [2.24, 2.45) is 0 Å². The summed E-state index contributed by atoms with van der Waals surface area (Å²) in [4.78, 5) is 13.5. The van der Waals surface area contributed by atoms with Crippen molar-refractivity contribution < 1.29 is 35.3 Å². The quantitative estimate of drug-likeness (QED) is 0.603. The molecule has 0 aliphatic carbocycles. The van der Waals surface area contributed by atoms with Crippen molar-refractivity contribution in [3.63, 3.8) is 0 Å². The average Bonchev–Trinajstić information content (AvgIpc) is 2.56. The van der Waals surface area contributed by atoms with Crippen molar-refractivity contribution in [2.45, 2.75) is 21.0 Å². The van der Waals surface area contributed by atoms with Crippen LogP contribution in [0, 0.1) is 0 Å². The molecule has 1 aliphatic rings. The number of carbonyl (C=O) groups excluding carboxylic acids is 1. The first-order chi connectivity index (χ1) is 12.0. The molecule has 0 spiro atoms. The van der Waals surface area contributed by atoms with Crippen molar-refractivity contribution in [1.29, 1.82) is 0 Å². The molecule has 1 unspecified atom stereocenters. The maximum absolute atomic E-state index is 14.6. The van der Waals surface area contributed by atoms with E-state index in [-0.39, 0.29) is 11.4 Å². The summed E-state index contributed by atoms with van der Waals surface area (Å²) < 4.78 is 85.5. The first-order valence-corrected chi connectivity index (χ1v) is 9.17. The second-order valence-electron chi connectivity index (χ2n) is 5.25. The van der Waals surface area contributed by atoms with Crippen LogP contribution in [-0.4, -0.2) is 30.1 Å². The van der Waals surface area contributed by atoms with Gasteiger partial charge in [0.2, 0.25) is 0 Å². The SMILES string of the molecule is O=C(N1c2ccccc2Sc2ccccc21)C(F)(C(F)(F)F)S(=O)(=O)O. The number of halogens is 4. The number of para-hydroxylation sites is 2. The summed E-state index contributed by atoms with van der Waals surface area (Å²) in [5.74, 6) is -2.47. The van der Waals surface area contributed by atoms with Crippen LogP contribution < -0.4 is 4.90 Å². The van der Waals surface area contributed by atoms with Gasteiger partial charge >= 0.3 is 21.3 Å². The molecule has 0 saturated carbocycles. The Labute approximate surface area is 149 Å². The summed E-state index contributed by atoms with van der Waals surface area (Å²) in [6.07, 6.45) is -6.19. The largest absolute Gasteiger partial charge is 0.449 e. The number of rotatable bonds is 2. The lowest BCUT2D eigenvalue weighted by molar-refractivity contribution is -0.199. The maximum atomic E-state index is 14.6. The van der Waals surface area contributed by atoms with Crippen molar-refractivity contribution in [2.75, 3.05) is 4.90 Å². The van der Waals surface area contributed by atoms with E-state index in [1.54, 1.807) is 12.1 Å². The number of alkyl halides is 4. The summed E-state index contributed by atoms with van der Waals surface area (Å²) >= 11 is 1.12. The van der Waals surface area contributed by atoms with Crippen LogP contribution in [0.2, 0.25) is 0 Å². The molecule has 2 aromatic rings. The molecule has 0 saturated heterocycles. The normalized spacial score (nSPS) is 16.4. The van der Waals surface area contributed by atoms with Gasteiger partial charge in [-0.2, -0.15) is 21.6 Å². The molecular formula is C15H9F4NO4S2. The van der Waals surface area contributed by atoms with Crippen LogP contribution in [0.3, 0.4) is 0 Å². The number of hydrogen-bond acceptors (Lipinski definition) is 4. The number of carbonyl (C=O) groups is 1. The van der Waals surface area contributed by atoms with Crippen LogP contribution in [0.5, 0.6) is 0 Å². The van der Waals surface area contributed by atoms with E-state index in [4.69, 9.17) is 4.55 Å². The Hall–Kier alpha value is -2.11. The van der Waals surface area contributed by atoms with E-state index in [9.17, 15) is 30.8 Å². The zero-order valence-electron chi connectivity index (χ0n) is 12.6. The van der Waals surface area contributed by atoms with Gasteiger partial charge in [0.25, 0.3) is 5.91 Å². The lowest BCUT2D eigenvalue weighted by Crippen LogP contribution is -2.59. The molecule has 138 valence electrons. The Morgan fingerprint density at radius 1 is 0.923 bits per heavy atom. The lowest BCUT2D eigenvalue weighted by Gasteiger charge is -2.35. The molecule has 0 bridgehead atoms. The number of amides is 1. The Bertz CT molecular complexity index is 948. The second kappa shape index (κ2) is 5.96. The molecule has 1 atom stereocenters. The fourth-order valence-corrected chi connectivity index (χ4v) is 4.11. The van der Waals surface area contributed by atoms with E-state index in [2.05, 4.69) is 0 Å². The van der Waals surface area contributed by atoms with Crippen LogP contribution in [0.25, 0.3) is 0 Å². The third-order valence-electron chi connectivity index (χ3n) is 3.63. The number of hydrogen-bond donors (Lipinski definition) is 1. The second-order valence-corrected chi connectivity index (χ2v) is 7.84. The molecule has 1 heterocycles. The van der Waals surface area contributed by atoms with Gasteiger partial charge in [-0.05, 0) is 24.3 Å². The standard InChI is InChI=1S/C15H9F4NO4S2/c16-14(15(17,18)19,26(22,23)24)13(21)20-9-5-1-3-7-11(9)25-12-8-4-2-6-10(12)20/h1-8H,(H,22,23,24). The predicted octanol–water partition coefficient (Wildman–Crippen LogP) is 3.93. The molecule has 1 aliphatic heterocycles. The van der Waals surface area contributed by atoms with E-state index in [0.717, 1.165) is 11.8 Å². The molecule has 26 heavy (non-hydrogen) atoms. The smallest absolute Gasteiger partial charge is 0.282 e. The fraction of sp³-hybridized carbons (Fsp3) is 0.133. The van der Waals surface area contributed by atoms with E-state index in [1.807, 2.05) is 0 Å². The topological polar surface area (TPSA) is 74.7 Å². The van der Waals surface area contributed by atoms with Crippen molar-refractivity contribution in [1.82, 2.24) is 0 Å². The molecule has 5 nitrogen and oxygen atoms in total. The van der Waals surface area contributed by atoms with Gasteiger partial charge in [0.1, 0.15) is 0 Å². The van der Waals surface area contributed by atoms with Gasteiger partial charge in [-0.1, -0.05) is 36.0 Å². The summed E-state index contributed by atoms with van der Waals surface area (Å²) in [6, 6.07) is 11.4. The number of anilines is 2. The van der Waals surface area contributed by atoms with Crippen molar-refractivity contribution in [3.05, 3.63) is 48.5 Å². The zero-order chi connectivity index (χ0) is 19.3. The van der Waals surface area contributed by atoms with Crippen LogP contribution in [0.15, 0.2) is 58.3 Å². The highest BCUT2D eigenvalue weighted by Gasteiger charge is 2.72. The Morgan fingerprint density at radius 3 is 1.73 bits per heavy atom. The Balaban J connectivity index is 2.28. The van der Waals surface area contributed by atoms with Crippen LogP contribution in [0.1, 0.15) is 0 Å². The highest BCUT2D eigenvalue weighted by molar-refractivity contribution is 7.99. The van der Waals surface area contributed by atoms with Crippen LogP contribution >= 0.6 is 11.8 Å². The molecule has 0 aromatic heterocycles. The molecule has 3 rings (SSSR count). The first kappa shape index (κ1) is 18.7. The predicted molar refractivity (Wildman–Crippen MR) is 85.6 cm³/mol. The molecule has 1 N–H and O–H groups in total. The molecular weight excluding hydrogens is 398 g/mol. The minimum Gasteiger partial charge on any atom is -0.282 e. The minimum absolute atomic E-state index is 0.129. The molecule has 0 radical (unpaired) electrons. The average molecular weight is 407 g/mol. The van der Waals surface area contributed by atoms with E-state index in [0.29, 0.717) is 14.7 Å². The highest BCUT2D eigenvalue weighted by atomic mass is 32.2. The van der Waals surface area contributed by atoms with Gasteiger partial charge in [-0.3, -0.25) is 14.2 Å². The van der Waals surface area contributed by atoms with Crippen LogP contribution in [0.4, 0.5) is 28.9 Å². The van der Waals surface area contributed by atoms with Gasteiger partial charge in [0, 0.05) is 9.79 Å². The summed E-state index contributed by atoms with van der Waals surface area (Å²) in [7, 11) is -6.47. The molecule has 2 aromatic carbocycles. The van der Waals surface area contributed by atoms with E-state index >= 15 is 0 Å². The third kappa shape index (κ3) is 2.66. The molecule has 0 fully saturated rings. The zero-order valence-corrected chi connectivity index (χ0v) is 14.2. The lowest BCUT2D eigenvalue weighted by atomic mass is 10.2. The van der Waals surface area contributed by atoms with E-state index < -0.39 is 27.2 Å². The Kier molecular flexibility index (Phi) is 4.28. The summed E-state index contributed by atoms with van der Waals surface area (Å²) in [5, 5.41) is -5.51. The van der Waals surface area contributed by atoms with Gasteiger partial charge in [0.05, 0.1) is 11.4 Å².